The van der Waals surface area contributed by atoms with Crippen LogP contribution >= 0.6 is 11.6 Å². The smallest absolute Gasteiger partial charge is 0.307 e. The van der Waals surface area contributed by atoms with Crippen LogP contribution in [0.3, 0.4) is 0 Å². The fraction of sp³-hybridized carbons (Fsp3) is 0.300. The maximum atomic E-state index is 12.4. The number of hydrogen-bond donors (Lipinski definition) is 1. The SMILES string of the molecule is COC(=O)CC(NC(=O)CCc1cccc(OC)c1)c1ccccc1Cl. The second-order valence-corrected chi connectivity index (χ2v) is 6.18. The van der Waals surface area contributed by atoms with Crippen LogP contribution in [0.4, 0.5) is 0 Å². The topological polar surface area (TPSA) is 64.6 Å². The molecule has 6 heteroatoms. The van der Waals surface area contributed by atoms with Crippen molar-refractivity contribution in [1.82, 2.24) is 5.32 Å². The first-order valence-corrected chi connectivity index (χ1v) is 8.64. The lowest BCUT2D eigenvalue weighted by molar-refractivity contribution is -0.141. The number of nitrogens with one attached hydrogen (secondary N) is 1. The molecule has 1 N–H and O–H groups in total. The Kier molecular flexibility index (Phi) is 7.48. The van der Waals surface area contributed by atoms with Crippen LogP contribution in [0.1, 0.15) is 30.0 Å². The van der Waals surface area contributed by atoms with Gasteiger partial charge in [-0.05, 0) is 35.7 Å². The van der Waals surface area contributed by atoms with Crippen molar-refractivity contribution in [2.24, 2.45) is 0 Å². The third-order valence-electron chi connectivity index (χ3n) is 3.99. The quantitative estimate of drug-likeness (QED) is 0.714. The van der Waals surface area contributed by atoms with Crippen molar-refractivity contribution in [3.8, 4) is 5.75 Å². The summed E-state index contributed by atoms with van der Waals surface area (Å²) in [4.78, 5) is 24.1. The molecule has 1 unspecified atom stereocenters. The van der Waals surface area contributed by atoms with Crippen LogP contribution in [0.2, 0.25) is 5.02 Å². The molecule has 0 aliphatic heterocycles. The Labute approximate surface area is 158 Å². The Morgan fingerprint density at radius 2 is 1.88 bits per heavy atom. The van der Waals surface area contributed by atoms with Gasteiger partial charge in [0.2, 0.25) is 5.91 Å². The second-order valence-electron chi connectivity index (χ2n) is 5.77. The number of carbonyl (C=O) groups is 2. The molecule has 2 rings (SSSR count). The lowest BCUT2D eigenvalue weighted by Gasteiger charge is -2.19. The van der Waals surface area contributed by atoms with E-state index in [-0.39, 0.29) is 18.7 Å². The Bertz CT molecular complexity index is 763. The number of ether oxygens (including phenoxy) is 2. The van der Waals surface area contributed by atoms with Gasteiger partial charge in [0.15, 0.2) is 0 Å². The number of amides is 1. The summed E-state index contributed by atoms with van der Waals surface area (Å²) < 4.78 is 9.92. The van der Waals surface area contributed by atoms with Gasteiger partial charge in [0.1, 0.15) is 5.75 Å². The Morgan fingerprint density at radius 3 is 2.58 bits per heavy atom. The first-order chi connectivity index (χ1) is 12.5. The van der Waals surface area contributed by atoms with E-state index in [1.54, 1.807) is 25.3 Å². The van der Waals surface area contributed by atoms with E-state index in [1.165, 1.54) is 7.11 Å². The Morgan fingerprint density at radius 1 is 1.12 bits per heavy atom. The summed E-state index contributed by atoms with van der Waals surface area (Å²) in [6.07, 6.45) is 0.872. The van der Waals surface area contributed by atoms with Gasteiger partial charge in [0.05, 0.1) is 26.7 Å². The summed E-state index contributed by atoms with van der Waals surface area (Å²) in [5.74, 6) is 0.173. The highest BCUT2D eigenvalue weighted by Gasteiger charge is 2.21. The average molecular weight is 376 g/mol. The minimum Gasteiger partial charge on any atom is -0.497 e. The molecule has 2 aromatic carbocycles. The highest BCUT2D eigenvalue weighted by Crippen LogP contribution is 2.25. The van der Waals surface area contributed by atoms with E-state index in [9.17, 15) is 9.59 Å². The van der Waals surface area contributed by atoms with Gasteiger partial charge in [-0.3, -0.25) is 9.59 Å². The Balaban J connectivity index is 2.03. The van der Waals surface area contributed by atoms with Crippen molar-refractivity contribution >= 4 is 23.5 Å². The van der Waals surface area contributed by atoms with Crippen molar-refractivity contribution in [2.75, 3.05) is 14.2 Å². The number of halogens is 1. The summed E-state index contributed by atoms with van der Waals surface area (Å²) in [6, 6.07) is 14.2. The van der Waals surface area contributed by atoms with Gasteiger partial charge in [0.25, 0.3) is 0 Å². The van der Waals surface area contributed by atoms with Gasteiger partial charge < -0.3 is 14.8 Å². The minimum atomic E-state index is -0.533. The van der Waals surface area contributed by atoms with Crippen LogP contribution in [-0.4, -0.2) is 26.1 Å². The number of rotatable bonds is 8. The van der Waals surface area contributed by atoms with E-state index in [4.69, 9.17) is 21.1 Å². The molecule has 1 atom stereocenters. The zero-order valence-electron chi connectivity index (χ0n) is 14.8. The molecule has 0 aliphatic carbocycles. The number of benzene rings is 2. The number of esters is 1. The third-order valence-corrected chi connectivity index (χ3v) is 4.33. The summed E-state index contributed by atoms with van der Waals surface area (Å²) in [5.41, 5.74) is 1.69. The van der Waals surface area contributed by atoms with E-state index in [0.717, 1.165) is 11.3 Å². The van der Waals surface area contributed by atoms with E-state index >= 15 is 0 Å². The van der Waals surface area contributed by atoms with E-state index in [2.05, 4.69) is 5.32 Å². The van der Waals surface area contributed by atoms with Crippen molar-refractivity contribution in [3.05, 3.63) is 64.7 Å². The zero-order chi connectivity index (χ0) is 18.9. The number of aryl methyl sites for hydroxylation is 1. The van der Waals surface area contributed by atoms with Crippen LogP contribution in [0.25, 0.3) is 0 Å². The van der Waals surface area contributed by atoms with Gasteiger partial charge in [-0.1, -0.05) is 41.9 Å². The van der Waals surface area contributed by atoms with Gasteiger partial charge in [-0.15, -0.1) is 0 Å². The Hall–Kier alpha value is -2.53. The molecule has 138 valence electrons. The minimum absolute atomic E-state index is 0.0190. The molecule has 0 heterocycles. The van der Waals surface area contributed by atoms with Crippen molar-refractivity contribution in [2.45, 2.75) is 25.3 Å². The normalized spacial score (nSPS) is 11.5. The molecule has 0 aromatic heterocycles. The fourth-order valence-corrected chi connectivity index (χ4v) is 2.87. The molecule has 0 bridgehead atoms. The standard InChI is InChI=1S/C20H22ClNO4/c1-25-15-7-5-6-14(12-15)10-11-19(23)22-18(13-20(24)26-2)16-8-3-4-9-17(16)21/h3-9,12,18H,10-11,13H2,1-2H3,(H,22,23). The lowest BCUT2D eigenvalue weighted by Crippen LogP contribution is -2.30. The number of methoxy groups -OCH3 is 2. The van der Waals surface area contributed by atoms with Crippen molar-refractivity contribution in [1.29, 1.82) is 0 Å². The van der Waals surface area contributed by atoms with Crippen LogP contribution in [0, 0.1) is 0 Å². The van der Waals surface area contributed by atoms with E-state index in [0.29, 0.717) is 17.0 Å². The third kappa shape index (κ3) is 5.77. The van der Waals surface area contributed by atoms with Crippen LogP contribution < -0.4 is 10.1 Å². The fourth-order valence-electron chi connectivity index (χ4n) is 2.60. The van der Waals surface area contributed by atoms with Crippen LogP contribution in [-0.2, 0) is 20.7 Å². The largest absolute Gasteiger partial charge is 0.497 e. The van der Waals surface area contributed by atoms with Crippen LogP contribution in [0.5, 0.6) is 5.75 Å². The first kappa shape index (κ1) is 19.8. The molecule has 0 fully saturated rings. The molecule has 0 radical (unpaired) electrons. The molecule has 2 aromatic rings. The van der Waals surface area contributed by atoms with Crippen molar-refractivity contribution in [3.63, 3.8) is 0 Å². The second kappa shape index (κ2) is 9.82. The van der Waals surface area contributed by atoms with Crippen molar-refractivity contribution < 1.29 is 19.1 Å². The molecule has 0 aliphatic rings. The molecule has 26 heavy (non-hydrogen) atoms. The summed E-state index contributed by atoms with van der Waals surface area (Å²) in [5, 5.41) is 3.38. The van der Waals surface area contributed by atoms with Gasteiger partial charge >= 0.3 is 5.97 Å². The molecular formula is C20H22ClNO4. The summed E-state index contributed by atoms with van der Waals surface area (Å²) in [7, 11) is 2.92. The van der Waals surface area contributed by atoms with Gasteiger partial charge in [-0.2, -0.15) is 0 Å². The molecule has 1 amide bonds. The molecule has 0 saturated carbocycles. The maximum Gasteiger partial charge on any atom is 0.307 e. The predicted octanol–water partition coefficient (Wildman–Crippen LogP) is 3.70. The molecule has 0 saturated heterocycles. The lowest BCUT2D eigenvalue weighted by atomic mass is 10.0. The van der Waals surface area contributed by atoms with E-state index < -0.39 is 12.0 Å². The molecular weight excluding hydrogens is 354 g/mol. The summed E-state index contributed by atoms with van der Waals surface area (Å²) >= 11 is 6.22. The monoisotopic (exact) mass is 375 g/mol. The number of hydrogen-bond acceptors (Lipinski definition) is 4. The highest BCUT2D eigenvalue weighted by atomic mass is 35.5. The molecule has 5 nitrogen and oxygen atoms in total. The zero-order valence-corrected chi connectivity index (χ0v) is 15.6. The summed E-state index contributed by atoms with van der Waals surface area (Å²) in [6.45, 7) is 0. The van der Waals surface area contributed by atoms with Gasteiger partial charge in [0, 0.05) is 11.4 Å². The number of carbonyl (C=O) groups excluding carboxylic acids is 2. The van der Waals surface area contributed by atoms with Crippen LogP contribution in [0.15, 0.2) is 48.5 Å². The predicted molar refractivity (Wildman–Crippen MR) is 100 cm³/mol. The highest BCUT2D eigenvalue weighted by molar-refractivity contribution is 6.31. The van der Waals surface area contributed by atoms with Gasteiger partial charge in [-0.25, -0.2) is 0 Å². The molecule has 0 spiro atoms. The van der Waals surface area contributed by atoms with E-state index in [1.807, 2.05) is 30.3 Å². The maximum absolute atomic E-state index is 12.4. The average Bonchev–Trinajstić information content (AvgIpc) is 2.66. The first-order valence-electron chi connectivity index (χ1n) is 8.27.